The van der Waals surface area contributed by atoms with Gasteiger partial charge in [0, 0.05) is 10.6 Å². The van der Waals surface area contributed by atoms with Crippen LogP contribution in [0, 0.1) is 6.92 Å². The van der Waals surface area contributed by atoms with Crippen molar-refractivity contribution in [3.63, 3.8) is 0 Å². The number of hydrogen-bond acceptors (Lipinski definition) is 3. The Balaban J connectivity index is 2.29. The number of para-hydroxylation sites is 1. The number of hydrogen-bond donors (Lipinski definition) is 3. The van der Waals surface area contributed by atoms with Gasteiger partial charge in [-0.15, -0.1) is 0 Å². The third-order valence-corrected chi connectivity index (χ3v) is 3.36. The van der Waals surface area contributed by atoms with Gasteiger partial charge in [0.2, 0.25) is 0 Å². The minimum absolute atomic E-state index is 0.0246. The fraction of sp³-hybridized carbons (Fsp3) is 0.0667. The van der Waals surface area contributed by atoms with Crippen LogP contribution in [-0.4, -0.2) is 22.1 Å². The molecule has 6 heteroatoms. The number of carbonyl (C=O) groups excluding carboxylic acids is 1. The highest BCUT2D eigenvalue weighted by molar-refractivity contribution is 6.31. The van der Waals surface area contributed by atoms with Crippen molar-refractivity contribution in [1.29, 1.82) is 0 Å². The summed E-state index contributed by atoms with van der Waals surface area (Å²) in [4.78, 5) is 23.0. The summed E-state index contributed by atoms with van der Waals surface area (Å²) in [6.07, 6.45) is 0. The van der Waals surface area contributed by atoms with Crippen molar-refractivity contribution < 1.29 is 19.8 Å². The molecule has 21 heavy (non-hydrogen) atoms. The summed E-state index contributed by atoms with van der Waals surface area (Å²) < 4.78 is 0. The smallest absolute Gasteiger partial charge is 0.339 e. The summed E-state index contributed by atoms with van der Waals surface area (Å²) in [6.45, 7) is 1.81. The monoisotopic (exact) mass is 305 g/mol. The summed E-state index contributed by atoms with van der Waals surface area (Å²) in [5.41, 5.74) is 0.890. The number of aromatic hydroxyl groups is 1. The van der Waals surface area contributed by atoms with E-state index in [1.165, 1.54) is 24.3 Å². The van der Waals surface area contributed by atoms with Crippen LogP contribution in [0.2, 0.25) is 5.02 Å². The van der Waals surface area contributed by atoms with E-state index in [0.29, 0.717) is 10.6 Å². The first kappa shape index (κ1) is 14.9. The molecule has 0 aliphatic carbocycles. The second-order valence-electron chi connectivity index (χ2n) is 4.42. The number of anilines is 1. The van der Waals surface area contributed by atoms with Crippen molar-refractivity contribution in [2.45, 2.75) is 6.92 Å². The summed E-state index contributed by atoms with van der Waals surface area (Å²) in [5.74, 6) is -2.26. The molecule has 0 aliphatic rings. The molecule has 2 rings (SSSR count). The fourth-order valence-electron chi connectivity index (χ4n) is 1.75. The van der Waals surface area contributed by atoms with Crippen molar-refractivity contribution in [2.24, 2.45) is 0 Å². The lowest BCUT2D eigenvalue weighted by atomic mass is 10.1. The maximum Gasteiger partial charge on any atom is 0.339 e. The first-order chi connectivity index (χ1) is 9.90. The molecule has 0 unspecified atom stereocenters. The van der Waals surface area contributed by atoms with Crippen LogP contribution < -0.4 is 5.32 Å². The van der Waals surface area contributed by atoms with Crippen LogP contribution in [0.25, 0.3) is 0 Å². The molecule has 0 aromatic heterocycles. The maximum absolute atomic E-state index is 12.1. The normalized spacial score (nSPS) is 10.2. The average molecular weight is 306 g/mol. The Bertz CT molecular complexity index is 728. The lowest BCUT2D eigenvalue weighted by molar-refractivity contribution is 0.0693. The molecule has 0 saturated heterocycles. The summed E-state index contributed by atoms with van der Waals surface area (Å²) >= 11 is 5.95. The molecule has 2 aromatic carbocycles. The predicted octanol–water partition coefficient (Wildman–Crippen LogP) is 3.30. The molecule has 0 aliphatic heterocycles. The molecule has 0 spiro atoms. The zero-order valence-electron chi connectivity index (χ0n) is 11.1. The van der Waals surface area contributed by atoms with Crippen LogP contribution in [0.3, 0.4) is 0 Å². The van der Waals surface area contributed by atoms with E-state index in [1.807, 2.05) is 6.92 Å². The summed E-state index contributed by atoms with van der Waals surface area (Å²) in [5, 5.41) is 21.7. The van der Waals surface area contributed by atoms with Gasteiger partial charge in [0.25, 0.3) is 5.91 Å². The molecule has 0 bridgehead atoms. The molecular weight excluding hydrogens is 294 g/mol. The Morgan fingerprint density at radius 1 is 1.19 bits per heavy atom. The van der Waals surface area contributed by atoms with Crippen molar-refractivity contribution in [1.82, 2.24) is 0 Å². The summed E-state index contributed by atoms with van der Waals surface area (Å²) in [6, 6.07) is 8.89. The highest BCUT2D eigenvalue weighted by atomic mass is 35.5. The molecule has 0 fully saturated rings. The highest BCUT2D eigenvalue weighted by Crippen LogP contribution is 2.28. The summed E-state index contributed by atoms with van der Waals surface area (Å²) in [7, 11) is 0. The van der Waals surface area contributed by atoms with E-state index in [9.17, 15) is 14.7 Å². The lowest BCUT2D eigenvalue weighted by Gasteiger charge is -2.09. The Kier molecular flexibility index (Phi) is 4.14. The van der Waals surface area contributed by atoms with Crippen molar-refractivity contribution in [3.05, 3.63) is 58.1 Å². The van der Waals surface area contributed by atoms with E-state index < -0.39 is 17.6 Å². The van der Waals surface area contributed by atoms with E-state index in [2.05, 4.69) is 5.32 Å². The molecular formula is C15H12ClNO4. The third-order valence-electron chi connectivity index (χ3n) is 2.95. The first-order valence-corrected chi connectivity index (χ1v) is 6.40. The number of aryl methyl sites for hydroxylation is 1. The first-order valence-electron chi connectivity index (χ1n) is 6.03. The number of benzene rings is 2. The zero-order valence-corrected chi connectivity index (χ0v) is 11.8. The minimum Gasteiger partial charge on any atom is -0.505 e. The van der Waals surface area contributed by atoms with Gasteiger partial charge in [0.1, 0.15) is 5.56 Å². The number of carbonyl (C=O) groups is 2. The molecule has 2 aromatic rings. The number of aromatic carboxylic acids is 1. The number of rotatable bonds is 3. The quantitative estimate of drug-likeness (QED) is 0.759. The highest BCUT2D eigenvalue weighted by Gasteiger charge is 2.15. The predicted molar refractivity (Wildman–Crippen MR) is 79.2 cm³/mol. The zero-order chi connectivity index (χ0) is 15.6. The number of halogens is 1. The lowest BCUT2D eigenvalue weighted by Crippen LogP contribution is -2.13. The molecule has 3 N–H and O–H groups in total. The molecule has 0 heterocycles. The van der Waals surface area contributed by atoms with E-state index in [-0.39, 0.29) is 11.3 Å². The van der Waals surface area contributed by atoms with Crippen molar-refractivity contribution in [2.75, 3.05) is 5.32 Å². The topological polar surface area (TPSA) is 86.6 Å². The Labute approximate surface area is 125 Å². The average Bonchev–Trinajstić information content (AvgIpc) is 2.43. The van der Waals surface area contributed by atoms with Gasteiger partial charge in [0.15, 0.2) is 5.75 Å². The van der Waals surface area contributed by atoms with Crippen molar-refractivity contribution >= 4 is 29.2 Å². The Morgan fingerprint density at radius 2 is 1.90 bits per heavy atom. The second kappa shape index (κ2) is 5.85. The van der Waals surface area contributed by atoms with Gasteiger partial charge in [-0.1, -0.05) is 23.7 Å². The van der Waals surface area contributed by atoms with Gasteiger partial charge in [0.05, 0.1) is 5.69 Å². The molecule has 1 amide bonds. The van der Waals surface area contributed by atoms with Gasteiger partial charge in [-0.25, -0.2) is 4.79 Å². The molecule has 5 nitrogen and oxygen atoms in total. The minimum atomic E-state index is -1.28. The Morgan fingerprint density at radius 3 is 2.52 bits per heavy atom. The standard InChI is InChI=1S/C15H12ClNO4/c1-8-5-6-9(7-11(8)16)14(19)17-12-4-2-3-10(13(12)18)15(20)21/h2-7,18H,1H3,(H,17,19)(H,20,21). The van der Waals surface area contributed by atoms with E-state index in [0.717, 1.165) is 5.56 Å². The van der Waals surface area contributed by atoms with Gasteiger partial charge < -0.3 is 15.5 Å². The largest absolute Gasteiger partial charge is 0.505 e. The number of nitrogens with one attached hydrogen (secondary N) is 1. The van der Waals surface area contributed by atoms with Crippen LogP contribution in [0.15, 0.2) is 36.4 Å². The number of phenols is 1. The van der Waals surface area contributed by atoms with Crippen LogP contribution in [-0.2, 0) is 0 Å². The van der Waals surface area contributed by atoms with Crippen LogP contribution in [0.4, 0.5) is 5.69 Å². The molecule has 0 radical (unpaired) electrons. The molecule has 0 saturated carbocycles. The van der Waals surface area contributed by atoms with E-state index >= 15 is 0 Å². The number of amides is 1. The van der Waals surface area contributed by atoms with Crippen molar-refractivity contribution in [3.8, 4) is 5.75 Å². The van der Waals surface area contributed by atoms with Crippen LogP contribution in [0.1, 0.15) is 26.3 Å². The second-order valence-corrected chi connectivity index (χ2v) is 4.83. The molecule has 0 atom stereocenters. The molecule has 108 valence electrons. The van der Waals surface area contributed by atoms with Gasteiger partial charge in [-0.05, 0) is 36.8 Å². The van der Waals surface area contributed by atoms with Crippen LogP contribution in [0.5, 0.6) is 5.75 Å². The third kappa shape index (κ3) is 3.14. The number of carboxylic acid groups (broad SMARTS) is 1. The number of carboxylic acids is 1. The fourth-order valence-corrected chi connectivity index (χ4v) is 1.93. The van der Waals surface area contributed by atoms with Gasteiger partial charge in [-0.3, -0.25) is 4.79 Å². The van der Waals surface area contributed by atoms with Gasteiger partial charge in [-0.2, -0.15) is 0 Å². The Hall–Kier alpha value is -2.53. The SMILES string of the molecule is Cc1ccc(C(=O)Nc2cccc(C(=O)O)c2O)cc1Cl. The van der Waals surface area contributed by atoms with Crippen LogP contribution >= 0.6 is 11.6 Å². The maximum atomic E-state index is 12.1. The van der Waals surface area contributed by atoms with Gasteiger partial charge >= 0.3 is 5.97 Å². The van der Waals surface area contributed by atoms with E-state index in [1.54, 1.807) is 12.1 Å². The van der Waals surface area contributed by atoms with E-state index in [4.69, 9.17) is 16.7 Å².